The van der Waals surface area contributed by atoms with E-state index < -0.39 is 0 Å². The van der Waals surface area contributed by atoms with Crippen molar-refractivity contribution in [2.75, 3.05) is 6.54 Å². The Kier molecular flexibility index (Phi) is 6.43. The van der Waals surface area contributed by atoms with E-state index in [0.717, 1.165) is 12.0 Å². The first-order valence-corrected chi connectivity index (χ1v) is 9.56. The van der Waals surface area contributed by atoms with Crippen molar-refractivity contribution >= 4 is 5.91 Å². The van der Waals surface area contributed by atoms with Crippen molar-refractivity contribution < 1.29 is 4.79 Å². The van der Waals surface area contributed by atoms with Gasteiger partial charge in [-0.1, -0.05) is 78.9 Å². The highest BCUT2D eigenvalue weighted by Gasteiger charge is 2.14. The van der Waals surface area contributed by atoms with Crippen LogP contribution in [0.5, 0.6) is 0 Å². The van der Waals surface area contributed by atoms with Gasteiger partial charge in [-0.15, -0.1) is 0 Å². The second kappa shape index (κ2) is 9.18. The molecule has 0 unspecified atom stereocenters. The fraction of sp³-hybridized carbons (Fsp3) is 0.240. The number of hydrogen-bond donors (Lipinski definition) is 1. The maximum Gasteiger partial charge on any atom is 0.224 e. The fourth-order valence-electron chi connectivity index (χ4n) is 3.41. The van der Waals surface area contributed by atoms with Crippen LogP contribution in [0.2, 0.25) is 0 Å². The van der Waals surface area contributed by atoms with E-state index in [1.165, 1.54) is 22.3 Å². The van der Waals surface area contributed by atoms with Crippen LogP contribution in [-0.2, 0) is 11.2 Å². The molecule has 27 heavy (non-hydrogen) atoms. The molecule has 0 heterocycles. The maximum atomic E-state index is 12.4. The minimum atomic E-state index is 0.0816. The van der Waals surface area contributed by atoms with Crippen LogP contribution < -0.4 is 5.32 Å². The molecule has 0 aliphatic rings. The molecule has 0 atom stereocenters. The molecule has 138 valence electrons. The number of amides is 1. The fourth-order valence-corrected chi connectivity index (χ4v) is 3.41. The Bertz CT molecular complexity index is 832. The van der Waals surface area contributed by atoms with Crippen molar-refractivity contribution in [1.82, 2.24) is 5.32 Å². The molecule has 3 rings (SSSR count). The molecule has 0 aliphatic carbocycles. The number of carbonyl (C=O) groups is 1. The van der Waals surface area contributed by atoms with Crippen molar-refractivity contribution in [2.24, 2.45) is 0 Å². The average Bonchev–Trinajstić information content (AvgIpc) is 2.69. The minimum Gasteiger partial charge on any atom is -0.356 e. The smallest absolute Gasteiger partial charge is 0.224 e. The monoisotopic (exact) mass is 357 g/mol. The van der Waals surface area contributed by atoms with Crippen LogP contribution in [0.25, 0.3) is 0 Å². The molecule has 3 aromatic rings. The second-order valence-corrected chi connectivity index (χ2v) is 7.11. The molecule has 0 aromatic heterocycles. The number of nitrogens with one attached hydrogen (secondary N) is 1. The lowest BCUT2D eigenvalue weighted by Gasteiger charge is -2.18. The Morgan fingerprint density at radius 2 is 1.41 bits per heavy atom. The van der Waals surface area contributed by atoms with Gasteiger partial charge in [-0.05, 0) is 48.1 Å². The van der Waals surface area contributed by atoms with Crippen LogP contribution in [0.3, 0.4) is 0 Å². The van der Waals surface area contributed by atoms with Gasteiger partial charge < -0.3 is 5.32 Å². The normalized spacial score (nSPS) is 10.8. The van der Waals surface area contributed by atoms with Crippen LogP contribution in [0.1, 0.15) is 40.2 Å². The topological polar surface area (TPSA) is 29.1 Å². The van der Waals surface area contributed by atoms with E-state index in [1.54, 1.807) is 0 Å². The van der Waals surface area contributed by atoms with E-state index in [0.29, 0.717) is 13.0 Å². The van der Waals surface area contributed by atoms with Crippen molar-refractivity contribution in [1.29, 1.82) is 0 Å². The zero-order chi connectivity index (χ0) is 19.1. The van der Waals surface area contributed by atoms with Crippen molar-refractivity contribution in [2.45, 2.75) is 32.6 Å². The van der Waals surface area contributed by atoms with Crippen LogP contribution in [0.4, 0.5) is 0 Å². The summed E-state index contributed by atoms with van der Waals surface area (Å²) in [6.07, 6.45) is 1.31. The van der Waals surface area contributed by atoms with Crippen molar-refractivity contribution in [3.63, 3.8) is 0 Å². The van der Waals surface area contributed by atoms with Gasteiger partial charge in [0.1, 0.15) is 0 Å². The molecule has 1 amide bonds. The third kappa shape index (κ3) is 5.30. The summed E-state index contributed by atoms with van der Waals surface area (Å²) in [5.41, 5.74) is 6.12. The van der Waals surface area contributed by atoms with Gasteiger partial charge in [0, 0.05) is 12.5 Å². The van der Waals surface area contributed by atoms with E-state index in [2.05, 4.69) is 79.8 Å². The van der Waals surface area contributed by atoms with Gasteiger partial charge in [-0.3, -0.25) is 4.79 Å². The van der Waals surface area contributed by atoms with Crippen LogP contribution in [-0.4, -0.2) is 12.5 Å². The molecule has 3 aromatic carbocycles. The van der Waals surface area contributed by atoms with Gasteiger partial charge in [0.05, 0.1) is 6.42 Å². The summed E-state index contributed by atoms with van der Waals surface area (Å²) < 4.78 is 0. The maximum absolute atomic E-state index is 12.4. The van der Waals surface area contributed by atoms with Gasteiger partial charge >= 0.3 is 0 Å². The molecule has 2 nitrogen and oxygen atoms in total. The Morgan fingerprint density at radius 3 is 1.96 bits per heavy atom. The number of carbonyl (C=O) groups excluding carboxylic acids is 1. The van der Waals surface area contributed by atoms with Crippen LogP contribution >= 0.6 is 0 Å². The second-order valence-electron chi connectivity index (χ2n) is 7.11. The summed E-state index contributed by atoms with van der Waals surface area (Å²) in [4.78, 5) is 12.4. The number of rotatable bonds is 7. The van der Waals surface area contributed by atoms with Crippen molar-refractivity contribution in [3.05, 3.63) is 107 Å². The summed E-state index contributed by atoms with van der Waals surface area (Å²) in [6.45, 7) is 4.84. The van der Waals surface area contributed by atoms with Crippen LogP contribution in [0, 0.1) is 13.8 Å². The van der Waals surface area contributed by atoms with E-state index in [-0.39, 0.29) is 11.8 Å². The summed E-state index contributed by atoms with van der Waals surface area (Å²) in [5, 5.41) is 3.10. The SMILES string of the molecule is Cc1ccc(CC(=O)NCCC(c2ccccc2)c2ccccc2)cc1C. The van der Waals surface area contributed by atoms with E-state index in [9.17, 15) is 4.79 Å². The molecule has 0 spiro atoms. The first kappa shape index (κ1) is 18.9. The van der Waals surface area contributed by atoms with Gasteiger partial charge in [-0.25, -0.2) is 0 Å². The molecule has 0 radical (unpaired) electrons. The van der Waals surface area contributed by atoms with E-state index in [4.69, 9.17) is 0 Å². The number of benzene rings is 3. The third-order valence-corrected chi connectivity index (χ3v) is 5.10. The Hall–Kier alpha value is -2.87. The predicted octanol–water partition coefficient (Wildman–Crippen LogP) is 5.18. The van der Waals surface area contributed by atoms with E-state index >= 15 is 0 Å². The Balaban J connectivity index is 1.60. The highest BCUT2D eigenvalue weighted by molar-refractivity contribution is 5.78. The predicted molar refractivity (Wildman–Crippen MR) is 112 cm³/mol. The Morgan fingerprint density at radius 1 is 0.815 bits per heavy atom. The lowest BCUT2D eigenvalue weighted by atomic mass is 9.88. The molecule has 0 saturated carbocycles. The summed E-state index contributed by atoms with van der Waals surface area (Å²) in [5.74, 6) is 0.368. The molecular weight excluding hydrogens is 330 g/mol. The van der Waals surface area contributed by atoms with Gasteiger partial charge in [-0.2, -0.15) is 0 Å². The third-order valence-electron chi connectivity index (χ3n) is 5.10. The van der Waals surface area contributed by atoms with Crippen LogP contribution in [0.15, 0.2) is 78.9 Å². The van der Waals surface area contributed by atoms with Gasteiger partial charge in [0.25, 0.3) is 0 Å². The summed E-state index contributed by atoms with van der Waals surface area (Å²) in [7, 11) is 0. The van der Waals surface area contributed by atoms with Gasteiger partial charge in [0.2, 0.25) is 5.91 Å². The highest BCUT2D eigenvalue weighted by atomic mass is 16.1. The zero-order valence-electron chi connectivity index (χ0n) is 16.1. The van der Waals surface area contributed by atoms with Gasteiger partial charge in [0.15, 0.2) is 0 Å². The van der Waals surface area contributed by atoms with E-state index in [1.807, 2.05) is 18.2 Å². The first-order valence-electron chi connectivity index (χ1n) is 9.56. The Labute approximate surface area is 162 Å². The van der Waals surface area contributed by atoms with Crippen molar-refractivity contribution in [3.8, 4) is 0 Å². The summed E-state index contributed by atoms with van der Waals surface area (Å²) in [6, 6.07) is 27.2. The lowest BCUT2D eigenvalue weighted by Crippen LogP contribution is -2.27. The standard InChI is InChI=1S/C25H27NO/c1-19-13-14-21(17-20(19)2)18-25(27)26-16-15-24(22-9-5-3-6-10-22)23-11-7-4-8-12-23/h3-14,17,24H,15-16,18H2,1-2H3,(H,26,27). The minimum absolute atomic E-state index is 0.0816. The highest BCUT2D eigenvalue weighted by Crippen LogP contribution is 2.27. The zero-order valence-corrected chi connectivity index (χ0v) is 16.1. The molecule has 1 N–H and O–H groups in total. The summed E-state index contributed by atoms with van der Waals surface area (Å²) >= 11 is 0. The molecular formula is C25H27NO. The first-order chi connectivity index (χ1) is 13.1. The lowest BCUT2D eigenvalue weighted by molar-refractivity contribution is -0.120. The molecule has 0 saturated heterocycles. The average molecular weight is 357 g/mol. The quantitative estimate of drug-likeness (QED) is 0.620. The number of aryl methyl sites for hydroxylation is 2. The molecule has 0 bridgehead atoms. The molecule has 2 heteroatoms. The molecule has 0 aliphatic heterocycles. The number of hydrogen-bond acceptors (Lipinski definition) is 1. The largest absolute Gasteiger partial charge is 0.356 e. The molecule has 0 fully saturated rings.